The van der Waals surface area contributed by atoms with E-state index in [1.54, 1.807) is 6.07 Å². The minimum atomic E-state index is -0.547. The molecule has 0 unspecified atom stereocenters. The average molecular weight is 368 g/mol. The first-order valence-corrected chi connectivity index (χ1v) is 7.54. The van der Waals surface area contributed by atoms with Crippen molar-refractivity contribution in [2.45, 2.75) is 0 Å². The van der Waals surface area contributed by atoms with Gasteiger partial charge in [-0.1, -0.05) is 23.2 Å². The van der Waals surface area contributed by atoms with Gasteiger partial charge in [0.15, 0.2) is 0 Å². The van der Waals surface area contributed by atoms with Gasteiger partial charge in [0.25, 0.3) is 0 Å². The van der Waals surface area contributed by atoms with E-state index in [0.29, 0.717) is 22.4 Å². The lowest BCUT2D eigenvalue weighted by molar-refractivity contribution is 0.252. The molecule has 24 heavy (non-hydrogen) atoms. The maximum Gasteiger partial charge on any atom is 0.319 e. The minimum absolute atomic E-state index is 0.0421. The van der Waals surface area contributed by atoms with Gasteiger partial charge in [0.2, 0.25) is 0 Å². The fourth-order valence-corrected chi connectivity index (χ4v) is 2.23. The molecular weight excluding hydrogens is 356 g/mol. The molecule has 0 bridgehead atoms. The lowest BCUT2D eigenvalue weighted by Crippen LogP contribution is -2.33. The second-order valence-corrected chi connectivity index (χ2v) is 5.44. The highest BCUT2D eigenvalue weighted by Gasteiger charge is 2.07. The summed E-state index contributed by atoms with van der Waals surface area (Å²) in [6.45, 7) is 0.645. The molecule has 0 spiro atoms. The van der Waals surface area contributed by atoms with Gasteiger partial charge in [-0.2, -0.15) is 5.26 Å². The Balaban J connectivity index is 1.81. The fraction of sp³-hybridized carbons (Fsp3) is 0.133. The predicted molar refractivity (Wildman–Crippen MR) is 90.9 cm³/mol. The molecule has 0 aliphatic carbocycles. The smallest absolute Gasteiger partial charge is 0.319 e. The molecule has 0 radical (unpaired) electrons. The number of carbonyl (C=O) groups is 1. The van der Waals surface area contributed by atoms with Crippen LogP contribution >= 0.6 is 23.2 Å². The number of benzene rings is 1. The topological polar surface area (TPSA) is 89.8 Å². The van der Waals surface area contributed by atoms with Crippen LogP contribution in [0.5, 0.6) is 0 Å². The lowest BCUT2D eigenvalue weighted by atomic mass is 10.2. The summed E-state index contributed by atoms with van der Waals surface area (Å²) < 4.78 is 13.0. The van der Waals surface area contributed by atoms with Gasteiger partial charge in [0.1, 0.15) is 17.7 Å². The Morgan fingerprint density at radius 2 is 2.08 bits per heavy atom. The number of carbonyl (C=O) groups excluding carboxylic acids is 1. The summed E-state index contributed by atoms with van der Waals surface area (Å²) in [7, 11) is 0. The highest BCUT2D eigenvalue weighted by Crippen LogP contribution is 2.22. The Bertz CT molecular complexity index is 794. The fourth-order valence-electron chi connectivity index (χ4n) is 1.79. The third-order valence-electron chi connectivity index (χ3n) is 2.86. The van der Waals surface area contributed by atoms with Crippen LogP contribution < -0.4 is 16.0 Å². The summed E-state index contributed by atoms with van der Waals surface area (Å²) in [5.74, 6) is -0.0948. The number of hydrogen-bond donors (Lipinski definition) is 3. The first-order valence-electron chi connectivity index (χ1n) is 6.79. The number of nitriles is 1. The number of urea groups is 1. The molecule has 0 fully saturated rings. The molecule has 1 aromatic heterocycles. The Morgan fingerprint density at radius 1 is 1.29 bits per heavy atom. The van der Waals surface area contributed by atoms with Crippen LogP contribution in [-0.4, -0.2) is 24.1 Å². The molecule has 2 amide bonds. The van der Waals surface area contributed by atoms with Gasteiger partial charge in [0.05, 0.1) is 21.3 Å². The van der Waals surface area contributed by atoms with Gasteiger partial charge >= 0.3 is 6.03 Å². The van der Waals surface area contributed by atoms with Crippen molar-refractivity contribution < 1.29 is 9.18 Å². The SMILES string of the molecule is N#Cc1cc(F)ccc1NC(=O)NCCNc1ncc(Cl)cc1Cl. The number of nitrogens with zero attached hydrogens (tertiary/aromatic N) is 2. The van der Waals surface area contributed by atoms with Crippen molar-refractivity contribution in [1.82, 2.24) is 10.3 Å². The molecule has 0 atom stereocenters. The number of aromatic nitrogens is 1. The van der Waals surface area contributed by atoms with Gasteiger partial charge in [-0.3, -0.25) is 0 Å². The Hall–Kier alpha value is -2.56. The van der Waals surface area contributed by atoms with E-state index in [2.05, 4.69) is 20.9 Å². The molecule has 0 saturated carbocycles. The molecule has 0 aliphatic rings. The first-order chi connectivity index (χ1) is 11.5. The lowest BCUT2D eigenvalue weighted by Gasteiger charge is -2.10. The molecule has 124 valence electrons. The molecule has 6 nitrogen and oxygen atoms in total. The van der Waals surface area contributed by atoms with Crippen molar-refractivity contribution in [2.75, 3.05) is 23.7 Å². The van der Waals surface area contributed by atoms with Crippen LogP contribution in [0, 0.1) is 17.1 Å². The van der Waals surface area contributed by atoms with Crippen LogP contribution in [-0.2, 0) is 0 Å². The number of amides is 2. The quantitative estimate of drug-likeness (QED) is 0.703. The number of rotatable bonds is 5. The van der Waals surface area contributed by atoms with E-state index in [9.17, 15) is 9.18 Å². The van der Waals surface area contributed by atoms with Crippen LogP contribution in [0.2, 0.25) is 10.0 Å². The Morgan fingerprint density at radius 3 is 2.79 bits per heavy atom. The third-order valence-corrected chi connectivity index (χ3v) is 3.36. The number of anilines is 2. The summed E-state index contributed by atoms with van der Waals surface area (Å²) >= 11 is 11.7. The van der Waals surface area contributed by atoms with Crippen LogP contribution in [0.25, 0.3) is 0 Å². The summed E-state index contributed by atoms with van der Waals surface area (Å²) in [6.07, 6.45) is 1.45. The van der Waals surface area contributed by atoms with Crippen LogP contribution in [0.1, 0.15) is 5.56 Å². The normalized spacial score (nSPS) is 9.92. The molecule has 2 rings (SSSR count). The van der Waals surface area contributed by atoms with Crippen LogP contribution in [0.15, 0.2) is 30.5 Å². The third kappa shape index (κ3) is 4.98. The molecule has 0 saturated heterocycles. The molecule has 3 N–H and O–H groups in total. The van der Waals surface area contributed by atoms with Crippen LogP contribution in [0.3, 0.4) is 0 Å². The zero-order valence-corrected chi connectivity index (χ0v) is 13.7. The largest absolute Gasteiger partial charge is 0.367 e. The van der Waals surface area contributed by atoms with Crippen molar-refractivity contribution in [1.29, 1.82) is 5.26 Å². The maximum absolute atomic E-state index is 13.0. The molecule has 2 aromatic rings. The number of hydrogen-bond acceptors (Lipinski definition) is 4. The number of halogens is 3. The average Bonchev–Trinajstić information content (AvgIpc) is 2.54. The van der Waals surface area contributed by atoms with E-state index in [-0.39, 0.29) is 17.8 Å². The maximum atomic E-state index is 13.0. The summed E-state index contributed by atoms with van der Waals surface area (Å²) in [5, 5.41) is 17.7. The van der Waals surface area contributed by atoms with E-state index in [0.717, 1.165) is 12.1 Å². The van der Waals surface area contributed by atoms with Crippen LogP contribution in [0.4, 0.5) is 20.7 Å². The van der Waals surface area contributed by atoms with Crippen molar-refractivity contribution in [3.63, 3.8) is 0 Å². The Kier molecular flexibility index (Phi) is 6.18. The molecular formula is C15H12Cl2FN5O. The van der Waals surface area contributed by atoms with Gasteiger partial charge in [-0.05, 0) is 24.3 Å². The highest BCUT2D eigenvalue weighted by molar-refractivity contribution is 6.35. The summed E-state index contributed by atoms with van der Waals surface area (Å²) in [5.41, 5.74) is 0.271. The van der Waals surface area contributed by atoms with E-state index in [4.69, 9.17) is 28.5 Å². The van der Waals surface area contributed by atoms with Crippen molar-refractivity contribution in [2.24, 2.45) is 0 Å². The zero-order valence-electron chi connectivity index (χ0n) is 12.2. The molecule has 1 heterocycles. The van der Waals surface area contributed by atoms with Crippen molar-refractivity contribution >= 4 is 40.7 Å². The first kappa shape index (κ1) is 17.8. The van der Waals surface area contributed by atoms with E-state index >= 15 is 0 Å². The molecule has 9 heteroatoms. The predicted octanol–water partition coefficient (Wildman–Crippen LogP) is 3.63. The summed E-state index contributed by atoms with van der Waals surface area (Å²) in [6, 6.07) is 6.37. The van der Waals surface area contributed by atoms with Gasteiger partial charge in [0, 0.05) is 19.3 Å². The number of pyridine rings is 1. The van der Waals surface area contributed by atoms with Crippen molar-refractivity contribution in [3.8, 4) is 6.07 Å². The highest BCUT2D eigenvalue weighted by atomic mass is 35.5. The van der Waals surface area contributed by atoms with E-state index in [1.807, 2.05) is 6.07 Å². The van der Waals surface area contributed by atoms with E-state index < -0.39 is 11.8 Å². The monoisotopic (exact) mass is 367 g/mol. The van der Waals surface area contributed by atoms with E-state index in [1.165, 1.54) is 12.3 Å². The van der Waals surface area contributed by atoms with Gasteiger partial charge in [-0.15, -0.1) is 0 Å². The van der Waals surface area contributed by atoms with Crippen molar-refractivity contribution in [3.05, 3.63) is 51.9 Å². The second kappa shape index (κ2) is 8.34. The molecule has 1 aromatic carbocycles. The standard InChI is InChI=1S/C15H12Cl2FN5O/c16-10-6-12(17)14(22-8-10)20-3-4-21-15(24)23-13-2-1-11(18)5-9(13)7-19/h1-2,5-6,8H,3-4H2,(H,20,22)(H2,21,23,24). The van der Waals surface area contributed by atoms with Gasteiger partial charge < -0.3 is 16.0 Å². The Labute approximate surface area is 147 Å². The van der Waals surface area contributed by atoms with Gasteiger partial charge in [-0.25, -0.2) is 14.2 Å². The summed E-state index contributed by atoms with van der Waals surface area (Å²) in [4.78, 5) is 15.8. The minimum Gasteiger partial charge on any atom is -0.367 e. The number of nitrogens with one attached hydrogen (secondary N) is 3. The molecule has 0 aliphatic heterocycles. The zero-order chi connectivity index (χ0) is 17.5. The second-order valence-electron chi connectivity index (χ2n) is 4.59.